The van der Waals surface area contributed by atoms with Gasteiger partial charge in [-0.15, -0.1) is 5.10 Å². The summed E-state index contributed by atoms with van der Waals surface area (Å²) in [5.74, 6) is -2.17. The number of amides is 2. The van der Waals surface area contributed by atoms with Gasteiger partial charge in [-0.25, -0.2) is 4.79 Å². The van der Waals surface area contributed by atoms with Gasteiger partial charge in [-0.2, -0.15) is 4.68 Å². The van der Waals surface area contributed by atoms with Crippen molar-refractivity contribution < 1.29 is 18.8 Å². The van der Waals surface area contributed by atoms with E-state index in [2.05, 4.69) is 20.6 Å². The van der Waals surface area contributed by atoms with Crippen LogP contribution in [0.5, 0.6) is 0 Å². The molecule has 2 fully saturated rings. The number of nitrogens with zero attached hydrogens (tertiary/aromatic N) is 3. The zero-order chi connectivity index (χ0) is 29.5. The molecule has 1 aromatic carbocycles. The molecule has 1 aliphatic heterocycles. The Morgan fingerprint density at radius 1 is 1.02 bits per heavy atom. The van der Waals surface area contributed by atoms with Gasteiger partial charge < -0.3 is 15.1 Å². The lowest BCUT2D eigenvalue weighted by Crippen LogP contribution is -2.52. The SMILES string of the molecule is CC(C)C[C@H](NC(=O)[C@@H]1CCCC[C@@H]1NC(=O)c1cccc(CN2CCCC2)c1)C(=O)c1nn(CC(C)C)c(=O)o1. The summed E-state index contributed by atoms with van der Waals surface area (Å²) in [5, 5.41) is 10.1. The van der Waals surface area contributed by atoms with E-state index in [1.54, 1.807) is 0 Å². The number of rotatable bonds is 12. The molecule has 2 N–H and O–H groups in total. The number of benzene rings is 1. The van der Waals surface area contributed by atoms with Crippen molar-refractivity contribution in [2.75, 3.05) is 13.1 Å². The zero-order valence-electron chi connectivity index (χ0n) is 24.9. The Kier molecular flexibility index (Phi) is 10.5. The van der Waals surface area contributed by atoms with Crippen LogP contribution in [0.2, 0.25) is 0 Å². The molecule has 10 heteroatoms. The molecule has 2 aliphatic rings. The molecule has 3 atom stereocenters. The molecule has 10 nitrogen and oxygen atoms in total. The predicted octanol–water partition coefficient (Wildman–Crippen LogP) is 3.79. The van der Waals surface area contributed by atoms with Crippen molar-refractivity contribution in [2.24, 2.45) is 17.8 Å². The number of aromatic nitrogens is 2. The minimum Gasteiger partial charge on any atom is -0.384 e. The lowest BCUT2D eigenvalue weighted by atomic mass is 9.83. The lowest BCUT2D eigenvalue weighted by Gasteiger charge is -2.32. The summed E-state index contributed by atoms with van der Waals surface area (Å²) in [6, 6.07) is 6.49. The van der Waals surface area contributed by atoms with Gasteiger partial charge in [0.05, 0.1) is 18.5 Å². The van der Waals surface area contributed by atoms with Crippen LogP contribution in [-0.4, -0.2) is 57.5 Å². The number of ketones is 1. The van der Waals surface area contributed by atoms with Crippen LogP contribution in [0.1, 0.15) is 99.2 Å². The monoisotopic (exact) mass is 567 g/mol. The molecule has 41 heavy (non-hydrogen) atoms. The highest BCUT2D eigenvalue weighted by Crippen LogP contribution is 2.26. The van der Waals surface area contributed by atoms with Crippen LogP contribution in [0.4, 0.5) is 0 Å². The Labute approximate surface area is 242 Å². The first-order valence-corrected chi connectivity index (χ1v) is 15.2. The van der Waals surface area contributed by atoms with Crippen molar-refractivity contribution in [1.29, 1.82) is 0 Å². The van der Waals surface area contributed by atoms with E-state index in [9.17, 15) is 19.2 Å². The number of Topliss-reactive ketones (excluding diaryl/α,β-unsaturated/α-hetero) is 1. The molecule has 1 saturated carbocycles. The number of hydrogen-bond donors (Lipinski definition) is 2. The van der Waals surface area contributed by atoms with E-state index in [1.165, 1.54) is 12.8 Å². The minimum atomic E-state index is -0.881. The van der Waals surface area contributed by atoms with Crippen LogP contribution >= 0.6 is 0 Å². The number of carbonyl (C=O) groups excluding carboxylic acids is 3. The maximum atomic E-state index is 13.6. The molecule has 0 radical (unpaired) electrons. The summed E-state index contributed by atoms with van der Waals surface area (Å²) in [6.07, 6.45) is 5.89. The summed E-state index contributed by atoms with van der Waals surface area (Å²) >= 11 is 0. The van der Waals surface area contributed by atoms with Crippen LogP contribution in [0.3, 0.4) is 0 Å². The second-order valence-corrected chi connectivity index (χ2v) is 12.5. The summed E-state index contributed by atoms with van der Waals surface area (Å²) in [4.78, 5) is 54.8. The molecular formula is C31H45N5O5. The molecule has 0 unspecified atom stereocenters. The van der Waals surface area contributed by atoms with Crippen LogP contribution in [-0.2, 0) is 17.9 Å². The molecule has 0 spiro atoms. The maximum Gasteiger partial charge on any atom is 0.437 e. The Balaban J connectivity index is 1.44. The molecule has 224 valence electrons. The van der Waals surface area contributed by atoms with Gasteiger partial charge in [0.1, 0.15) is 0 Å². The largest absolute Gasteiger partial charge is 0.437 e. The highest BCUT2D eigenvalue weighted by Gasteiger charge is 2.36. The quantitative estimate of drug-likeness (QED) is 0.374. The van der Waals surface area contributed by atoms with Crippen molar-refractivity contribution in [1.82, 2.24) is 25.3 Å². The van der Waals surface area contributed by atoms with E-state index in [0.717, 1.165) is 42.7 Å². The Morgan fingerprint density at radius 2 is 1.76 bits per heavy atom. The van der Waals surface area contributed by atoms with E-state index >= 15 is 0 Å². The molecule has 1 aromatic heterocycles. The van der Waals surface area contributed by atoms with Crippen molar-refractivity contribution in [3.63, 3.8) is 0 Å². The first-order chi connectivity index (χ1) is 19.6. The van der Waals surface area contributed by atoms with E-state index in [0.29, 0.717) is 31.4 Å². The van der Waals surface area contributed by atoms with Gasteiger partial charge >= 0.3 is 5.76 Å². The third kappa shape index (κ3) is 8.38. The fourth-order valence-electron chi connectivity index (χ4n) is 5.88. The standard InChI is InChI=1S/C31H45N5O5/c1-20(2)16-26(27(37)30-34-36(18-21(3)4)31(40)41-30)33-29(39)24-12-5-6-13-25(24)32-28(38)23-11-9-10-22(17-23)19-35-14-7-8-15-35/h9-11,17,20-21,24-26H,5-8,12-16,18-19H2,1-4H3,(H,32,38)(H,33,39)/t24-,25+,26+/m1/s1. The first-order valence-electron chi connectivity index (χ1n) is 15.2. The summed E-state index contributed by atoms with van der Waals surface area (Å²) in [7, 11) is 0. The van der Waals surface area contributed by atoms with Crippen molar-refractivity contribution in [3.05, 3.63) is 51.8 Å². The van der Waals surface area contributed by atoms with E-state index < -0.39 is 23.5 Å². The number of hydrogen-bond acceptors (Lipinski definition) is 7. The smallest absolute Gasteiger partial charge is 0.384 e. The highest BCUT2D eigenvalue weighted by molar-refractivity contribution is 5.99. The molecule has 1 aliphatic carbocycles. The maximum absolute atomic E-state index is 13.6. The molecule has 2 heterocycles. The van der Waals surface area contributed by atoms with Crippen LogP contribution in [0.15, 0.2) is 33.5 Å². The third-order valence-electron chi connectivity index (χ3n) is 7.91. The van der Waals surface area contributed by atoms with Crippen LogP contribution < -0.4 is 16.4 Å². The zero-order valence-corrected chi connectivity index (χ0v) is 24.9. The van der Waals surface area contributed by atoms with Crippen LogP contribution in [0.25, 0.3) is 0 Å². The highest BCUT2D eigenvalue weighted by atomic mass is 16.4. The molecular weight excluding hydrogens is 522 g/mol. The number of carbonyl (C=O) groups is 3. The van der Waals surface area contributed by atoms with Crippen molar-refractivity contribution >= 4 is 17.6 Å². The Bertz CT molecular complexity index is 1260. The lowest BCUT2D eigenvalue weighted by molar-refractivity contribution is -0.127. The van der Waals surface area contributed by atoms with Crippen molar-refractivity contribution in [2.45, 2.75) is 97.8 Å². The predicted molar refractivity (Wildman–Crippen MR) is 155 cm³/mol. The van der Waals surface area contributed by atoms with Gasteiger partial charge in [0.2, 0.25) is 11.7 Å². The van der Waals surface area contributed by atoms with Gasteiger partial charge in [-0.05, 0) is 74.7 Å². The molecule has 1 saturated heterocycles. The summed E-state index contributed by atoms with van der Waals surface area (Å²) < 4.78 is 6.33. The second-order valence-electron chi connectivity index (χ2n) is 12.5. The van der Waals surface area contributed by atoms with E-state index in [1.807, 2.05) is 52.0 Å². The minimum absolute atomic E-state index is 0.100. The van der Waals surface area contributed by atoms with Gasteiger partial charge in [0.15, 0.2) is 0 Å². The first kappa shape index (κ1) is 30.7. The normalized spacial score (nSPS) is 20.3. The van der Waals surface area contributed by atoms with Gasteiger partial charge in [-0.3, -0.25) is 19.3 Å². The molecule has 2 amide bonds. The Hall–Kier alpha value is -3.27. The molecule has 4 rings (SSSR count). The Morgan fingerprint density at radius 3 is 2.46 bits per heavy atom. The third-order valence-corrected chi connectivity index (χ3v) is 7.91. The second kappa shape index (κ2) is 14.1. The van der Waals surface area contributed by atoms with Crippen molar-refractivity contribution in [3.8, 4) is 0 Å². The topological polar surface area (TPSA) is 127 Å². The number of likely N-dealkylation sites (tertiary alicyclic amines) is 1. The average molecular weight is 568 g/mol. The van der Waals surface area contributed by atoms with E-state index in [-0.39, 0.29) is 35.6 Å². The van der Waals surface area contributed by atoms with Gasteiger partial charge in [0.25, 0.3) is 11.8 Å². The fourth-order valence-corrected chi connectivity index (χ4v) is 5.88. The summed E-state index contributed by atoms with van der Waals surface area (Å²) in [5.41, 5.74) is 1.70. The molecule has 2 aromatic rings. The molecule has 0 bridgehead atoms. The van der Waals surface area contributed by atoms with Gasteiger partial charge in [0, 0.05) is 18.2 Å². The fraction of sp³-hybridized carbons (Fsp3) is 0.645. The van der Waals surface area contributed by atoms with E-state index in [4.69, 9.17) is 4.42 Å². The number of nitrogens with one attached hydrogen (secondary N) is 2. The average Bonchev–Trinajstić information content (AvgIpc) is 3.57. The van der Waals surface area contributed by atoms with Gasteiger partial charge in [-0.1, -0.05) is 52.7 Å². The van der Waals surface area contributed by atoms with Crippen LogP contribution in [0, 0.1) is 17.8 Å². The summed E-state index contributed by atoms with van der Waals surface area (Å²) in [6.45, 7) is 11.1.